The van der Waals surface area contributed by atoms with Gasteiger partial charge in [-0.3, -0.25) is 10.1 Å². The van der Waals surface area contributed by atoms with Crippen LogP contribution in [0.25, 0.3) is 11.0 Å². The summed E-state index contributed by atoms with van der Waals surface area (Å²) in [5, 5.41) is 27.6. The van der Waals surface area contributed by atoms with Crippen LogP contribution < -0.4 is 4.84 Å². The van der Waals surface area contributed by atoms with Gasteiger partial charge < -0.3 is 9.94 Å². The summed E-state index contributed by atoms with van der Waals surface area (Å²) >= 11 is 0. The lowest BCUT2D eigenvalue weighted by molar-refractivity contribution is -0.385. The number of hydrogen-bond donors (Lipinski definition) is 1. The minimum atomic E-state index is -1.27. The first-order chi connectivity index (χ1) is 10.6. The largest absolute Gasteiger partial charge is 0.478 e. The molecule has 0 bridgehead atoms. The monoisotopic (exact) mass is 300 g/mol. The van der Waals surface area contributed by atoms with Crippen LogP contribution in [0.1, 0.15) is 10.4 Å². The average Bonchev–Trinajstić information content (AvgIpc) is 2.90. The van der Waals surface area contributed by atoms with E-state index < -0.39 is 10.9 Å². The number of rotatable bonds is 4. The molecular weight excluding hydrogens is 292 g/mol. The van der Waals surface area contributed by atoms with Crippen LogP contribution in [0.4, 0.5) is 5.69 Å². The highest BCUT2D eigenvalue weighted by atomic mass is 16.7. The standard InChI is InChI=1S/C13H8N4O5/c18-13(19)9-6-5-8(17(20)21)7-12(9)22-16-11-4-2-1-3-10(11)14-15-16/h1-7H,(H,18,19). The second-order valence-electron chi connectivity index (χ2n) is 4.29. The van der Waals surface area contributed by atoms with Gasteiger partial charge >= 0.3 is 5.97 Å². The van der Waals surface area contributed by atoms with Crippen LogP contribution in [0.15, 0.2) is 42.5 Å². The zero-order valence-corrected chi connectivity index (χ0v) is 10.9. The van der Waals surface area contributed by atoms with Gasteiger partial charge in [0.15, 0.2) is 5.75 Å². The molecule has 110 valence electrons. The number of carboxylic acid groups (broad SMARTS) is 1. The van der Waals surface area contributed by atoms with Gasteiger partial charge in [-0.2, -0.15) is 0 Å². The summed E-state index contributed by atoms with van der Waals surface area (Å²) < 4.78 is 0. The Bertz CT molecular complexity index is 889. The highest BCUT2D eigenvalue weighted by molar-refractivity contribution is 5.91. The Morgan fingerprint density at radius 2 is 2.05 bits per heavy atom. The average molecular weight is 300 g/mol. The second kappa shape index (κ2) is 5.13. The van der Waals surface area contributed by atoms with E-state index >= 15 is 0 Å². The Morgan fingerprint density at radius 3 is 2.77 bits per heavy atom. The van der Waals surface area contributed by atoms with E-state index in [9.17, 15) is 14.9 Å². The highest BCUT2D eigenvalue weighted by Crippen LogP contribution is 2.26. The van der Waals surface area contributed by atoms with Gasteiger partial charge in [-0.15, -0.1) is 5.10 Å². The smallest absolute Gasteiger partial charge is 0.339 e. The number of nitro benzene ring substituents is 1. The summed E-state index contributed by atoms with van der Waals surface area (Å²) in [6.45, 7) is 0. The maximum Gasteiger partial charge on any atom is 0.339 e. The fourth-order valence-electron chi connectivity index (χ4n) is 1.88. The van der Waals surface area contributed by atoms with Gasteiger partial charge in [0.1, 0.15) is 16.6 Å². The molecule has 1 aromatic heterocycles. The van der Waals surface area contributed by atoms with Gasteiger partial charge in [0.25, 0.3) is 5.69 Å². The number of non-ortho nitro benzene ring substituents is 1. The Hall–Kier alpha value is -3.49. The molecule has 0 aliphatic rings. The molecule has 22 heavy (non-hydrogen) atoms. The number of nitrogens with zero attached hydrogens (tertiary/aromatic N) is 4. The molecule has 1 N–H and O–H groups in total. The van der Waals surface area contributed by atoms with Crippen LogP contribution in [0, 0.1) is 10.1 Å². The Morgan fingerprint density at radius 1 is 1.27 bits per heavy atom. The lowest BCUT2D eigenvalue weighted by Crippen LogP contribution is -2.11. The zero-order chi connectivity index (χ0) is 15.7. The number of nitro groups is 1. The van der Waals surface area contributed by atoms with E-state index in [1.165, 1.54) is 0 Å². The molecule has 3 aromatic rings. The second-order valence-corrected chi connectivity index (χ2v) is 4.29. The summed E-state index contributed by atoms with van der Waals surface area (Å²) in [7, 11) is 0. The van der Waals surface area contributed by atoms with Crippen molar-refractivity contribution in [3.8, 4) is 5.75 Å². The number of aromatic nitrogens is 3. The summed E-state index contributed by atoms with van der Waals surface area (Å²) in [6.07, 6.45) is 0. The van der Waals surface area contributed by atoms with Crippen LogP contribution in [-0.2, 0) is 0 Å². The SMILES string of the molecule is O=C(O)c1ccc([N+](=O)[O-])cc1On1nnc2ccccc21. The number of hydrogen-bond acceptors (Lipinski definition) is 6. The molecule has 2 aromatic carbocycles. The Labute approximate surface area is 122 Å². The molecule has 0 aliphatic carbocycles. The molecule has 0 saturated heterocycles. The van der Waals surface area contributed by atoms with E-state index in [0.29, 0.717) is 11.0 Å². The van der Waals surface area contributed by atoms with Crippen molar-refractivity contribution in [1.29, 1.82) is 0 Å². The van der Waals surface area contributed by atoms with Crippen LogP contribution in [0.5, 0.6) is 5.75 Å². The van der Waals surface area contributed by atoms with Crippen molar-refractivity contribution in [1.82, 2.24) is 15.2 Å². The molecule has 1 heterocycles. The first-order valence-corrected chi connectivity index (χ1v) is 6.07. The molecule has 3 rings (SSSR count). The number of aromatic carboxylic acids is 1. The maximum absolute atomic E-state index is 11.2. The van der Waals surface area contributed by atoms with E-state index in [1.54, 1.807) is 24.3 Å². The third kappa shape index (κ3) is 2.30. The van der Waals surface area contributed by atoms with Crippen molar-refractivity contribution in [2.24, 2.45) is 0 Å². The molecule has 0 unspecified atom stereocenters. The fraction of sp³-hybridized carbons (Fsp3) is 0. The third-order valence-corrected chi connectivity index (χ3v) is 2.91. The summed E-state index contributed by atoms with van der Waals surface area (Å²) in [6, 6.07) is 10.1. The summed E-state index contributed by atoms with van der Waals surface area (Å²) in [5.41, 5.74) is 0.546. The molecule has 0 fully saturated rings. The van der Waals surface area contributed by atoms with Crippen molar-refractivity contribution in [2.75, 3.05) is 0 Å². The molecule has 0 amide bonds. The van der Waals surface area contributed by atoms with Gasteiger partial charge in [-0.1, -0.05) is 17.0 Å². The fourth-order valence-corrected chi connectivity index (χ4v) is 1.88. The molecule has 0 saturated carbocycles. The minimum Gasteiger partial charge on any atom is -0.478 e. The van der Waals surface area contributed by atoms with E-state index in [0.717, 1.165) is 23.0 Å². The van der Waals surface area contributed by atoms with Gasteiger partial charge in [0.05, 0.1) is 11.0 Å². The van der Waals surface area contributed by atoms with Crippen molar-refractivity contribution >= 4 is 22.7 Å². The van der Waals surface area contributed by atoms with Crippen molar-refractivity contribution in [3.05, 3.63) is 58.1 Å². The van der Waals surface area contributed by atoms with E-state index in [2.05, 4.69) is 10.3 Å². The van der Waals surface area contributed by atoms with Crippen LogP contribution in [0.2, 0.25) is 0 Å². The predicted molar refractivity (Wildman–Crippen MR) is 73.6 cm³/mol. The minimum absolute atomic E-state index is 0.197. The molecule has 9 nitrogen and oxygen atoms in total. The molecule has 0 spiro atoms. The first kappa shape index (κ1) is 13.5. The van der Waals surface area contributed by atoms with E-state index in [-0.39, 0.29) is 17.0 Å². The highest BCUT2D eigenvalue weighted by Gasteiger charge is 2.18. The van der Waals surface area contributed by atoms with Crippen LogP contribution in [0.3, 0.4) is 0 Å². The number of carbonyl (C=O) groups is 1. The van der Waals surface area contributed by atoms with Crippen LogP contribution in [-0.4, -0.2) is 31.2 Å². The summed E-state index contributed by atoms with van der Waals surface area (Å²) in [4.78, 5) is 27.8. The number of carboxylic acids is 1. The van der Waals surface area contributed by atoms with E-state index in [1.807, 2.05) is 0 Å². The van der Waals surface area contributed by atoms with Gasteiger partial charge in [-0.05, 0) is 23.4 Å². The number of para-hydroxylation sites is 1. The van der Waals surface area contributed by atoms with Gasteiger partial charge in [0.2, 0.25) is 0 Å². The Balaban J connectivity index is 2.08. The molecule has 0 atom stereocenters. The van der Waals surface area contributed by atoms with Crippen LogP contribution >= 0.6 is 0 Å². The van der Waals surface area contributed by atoms with Crippen molar-refractivity contribution in [3.63, 3.8) is 0 Å². The molecular formula is C13H8N4O5. The predicted octanol–water partition coefficient (Wildman–Crippen LogP) is 1.88. The van der Waals surface area contributed by atoms with Crippen molar-refractivity contribution in [2.45, 2.75) is 0 Å². The molecule has 0 radical (unpaired) electrons. The van der Waals surface area contributed by atoms with E-state index in [4.69, 9.17) is 9.94 Å². The summed E-state index contributed by atoms with van der Waals surface area (Å²) in [5.74, 6) is -1.47. The topological polar surface area (TPSA) is 120 Å². The number of benzene rings is 2. The zero-order valence-electron chi connectivity index (χ0n) is 10.9. The van der Waals surface area contributed by atoms with Crippen molar-refractivity contribution < 1.29 is 19.7 Å². The first-order valence-electron chi connectivity index (χ1n) is 6.07. The van der Waals surface area contributed by atoms with Gasteiger partial charge in [-0.25, -0.2) is 4.79 Å². The Kier molecular flexibility index (Phi) is 3.14. The van der Waals surface area contributed by atoms with Gasteiger partial charge in [0, 0.05) is 6.07 Å². The third-order valence-electron chi connectivity index (χ3n) is 2.91. The molecule has 0 aliphatic heterocycles. The lowest BCUT2D eigenvalue weighted by atomic mass is 10.2. The lowest BCUT2D eigenvalue weighted by Gasteiger charge is -2.07. The number of fused-ring (bicyclic) bond motifs is 1. The maximum atomic E-state index is 11.2. The molecule has 9 heteroatoms. The normalized spacial score (nSPS) is 10.5. The quantitative estimate of drug-likeness (QED) is 0.576.